The van der Waals surface area contributed by atoms with Gasteiger partial charge in [-0.15, -0.1) is 0 Å². The molecule has 4 atom stereocenters. The summed E-state index contributed by atoms with van der Waals surface area (Å²) in [5, 5.41) is 0. The van der Waals surface area contributed by atoms with Gasteiger partial charge < -0.3 is 4.74 Å². The molecule has 3 nitrogen and oxygen atoms in total. The second kappa shape index (κ2) is 2.39. The zero-order chi connectivity index (χ0) is 8.88. The van der Waals surface area contributed by atoms with E-state index in [-0.39, 0.29) is 30.0 Å². The Morgan fingerprint density at radius 1 is 1.33 bits per heavy atom. The van der Waals surface area contributed by atoms with Gasteiger partial charge in [0.05, 0.1) is 5.92 Å². The van der Waals surface area contributed by atoms with E-state index in [4.69, 9.17) is 4.74 Å². The maximum atomic E-state index is 11.6. The van der Waals surface area contributed by atoms with Crippen LogP contribution in [0.4, 0.5) is 0 Å². The first-order chi connectivity index (χ1) is 5.61. The summed E-state index contributed by atoms with van der Waals surface area (Å²) in [7, 11) is 0. The summed E-state index contributed by atoms with van der Waals surface area (Å²) in [6.07, 6.45) is -0.239. The van der Waals surface area contributed by atoms with Gasteiger partial charge in [0.25, 0.3) is 0 Å². The molecule has 2 heterocycles. The Bertz CT molecular complexity index is 259. The van der Waals surface area contributed by atoms with Crippen LogP contribution in [0, 0.1) is 11.8 Å². The second-order valence-electron chi connectivity index (χ2n) is 3.70. The van der Waals surface area contributed by atoms with Crippen molar-refractivity contribution < 1.29 is 9.53 Å². The number of carbonyl (C=O) groups is 1. The lowest BCUT2D eigenvalue weighted by Gasteiger charge is -2.29. The van der Waals surface area contributed by atoms with Crippen molar-refractivity contribution in [1.82, 2.24) is 0 Å². The van der Waals surface area contributed by atoms with E-state index in [2.05, 4.69) is 4.99 Å². The third kappa shape index (κ3) is 0.860. The SMILES string of the molecule is CC1=N[C@@H]2O[C@H]1[C@H](C)C(=O)[C@@H]2C. The van der Waals surface area contributed by atoms with Gasteiger partial charge in [-0.05, 0) is 6.92 Å². The van der Waals surface area contributed by atoms with E-state index in [9.17, 15) is 4.79 Å². The van der Waals surface area contributed by atoms with Crippen LogP contribution in [-0.2, 0) is 9.53 Å². The maximum Gasteiger partial charge on any atom is 0.158 e. The van der Waals surface area contributed by atoms with Crippen molar-refractivity contribution in [1.29, 1.82) is 0 Å². The highest BCUT2D eigenvalue weighted by atomic mass is 16.5. The Morgan fingerprint density at radius 3 is 2.67 bits per heavy atom. The molecule has 2 aliphatic rings. The summed E-state index contributed by atoms with van der Waals surface area (Å²) >= 11 is 0. The quantitative estimate of drug-likeness (QED) is 0.540. The molecule has 0 aromatic carbocycles. The van der Waals surface area contributed by atoms with Crippen molar-refractivity contribution in [3.8, 4) is 0 Å². The molecule has 12 heavy (non-hydrogen) atoms. The van der Waals surface area contributed by atoms with Crippen molar-refractivity contribution >= 4 is 11.5 Å². The zero-order valence-electron chi connectivity index (χ0n) is 7.57. The maximum absolute atomic E-state index is 11.6. The molecule has 2 rings (SSSR count). The van der Waals surface area contributed by atoms with Gasteiger partial charge in [-0.3, -0.25) is 9.79 Å². The van der Waals surface area contributed by atoms with E-state index in [1.807, 2.05) is 20.8 Å². The first kappa shape index (κ1) is 7.92. The highest BCUT2D eigenvalue weighted by molar-refractivity contribution is 5.97. The van der Waals surface area contributed by atoms with E-state index >= 15 is 0 Å². The van der Waals surface area contributed by atoms with Gasteiger partial charge in [-0.1, -0.05) is 13.8 Å². The van der Waals surface area contributed by atoms with Crippen molar-refractivity contribution in [2.45, 2.75) is 33.1 Å². The summed E-state index contributed by atoms with van der Waals surface area (Å²) in [4.78, 5) is 15.9. The highest BCUT2D eigenvalue weighted by Crippen LogP contribution is 2.32. The molecule has 0 radical (unpaired) electrons. The molecule has 1 saturated heterocycles. The molecule has 0 saturated carbocycles. The normalized spacial score (nSPS) is 46.2. The van der Waals surface area contributed by atoms with Crippen LogP contribution in [0.5, 0.6) is 0 Å². The van der Waals surface area contributed by atoms with Crippen LogP contribution < -0.4 is 0 Å². The van der Waals surface area contributed by atoms with Gasteiger partial charge in [-0.2, -0.15) is 0 Å². The molecule has 0 unspecified atom stereocenters. The molecule has 0 aromatic heterocycles. The lowest BCUT2D eigenvalue weighted by molar-refractivity contribution is -0.143. The molecule has 0 N–H and O–H groups in total. The monoisotopic (exact) mass is 167 g/mol. The molecule has 2 aliphatic heterocycles. The van der Waals surface area contributed by atoms with Crippen molar-refractivity contribution in [2.75, 3.05) is 0 Å². The Labute approximate surface area is 71.8 Å². The summed E-state index contributed by atoms with van der Waals surface area (Å²) in [5.74, 6) is 0.216. The molecule has 3 heteroatoms. The third-order valence-corrected chi connectivity index (χ3v) is 2.81. The molecule has 0 amide bonds. The average molecular weight is 167 g/mol. The minimum atomic E-state index is -0.196. The zero-order valence-corrected chi connectivity index (χ0v) is 7.57. The summed E-state index contributed by atoms with van der Waals surface area (Å²) in [5.41, 5.74) is 0.977. The predicted molar refractivity (Wildman–Crippen MR) is 45.1 cm³/mol. The topological polar surface area (TPSA) is 38.7 Å². The Morgan fingerprint density at radius 2 is 2.00 bits per heavy atom. The lowest BCUT2D eigenvalue weighted by atomic mass is 9.87. The van der Waals surface area contributed by atoms with Crippen LogP contribution in [0.15, 0.2) is 4.99 Å². The number of aliphatic imine (C=N–C) groups is 1. The van der Waals surface area contributed by atoms with E-state index in [0.29, 0.717) is 0 Å². The van der Waals surface area contributed by atoms with Crippen LogP contribution in [0.3, 0.4) is 0 Å². The predicted octanol–water partition coefficient (Wildman–Crippen LogP) is 1.03. The number of hydrogen-bond donors (Lipinski definition) is 0. The second-order valence-corrected chi connectivity index (χ2v) is 3.70. The van der Waals surface area contributed by atoms with Crippen LogP contribution in [0.1, 0.15) is 20.8 Å². The smallest absolute Gasteiger partial charge is 0.158 e. The van der Waals surface area contributed by atoms with E-state index in [0.717, 1.165) is 5.71 Å². The van der Waals surface area contributed by atoms with E-state index in [1.54, 1.807) is 0 Å². The van der Waals surface area contributed by atoms with Crippen LogP contribution in [-0.4, -0.2) is 23.8 Å². The van der Waals surface area contributed by atoms with Crippen molar-refractivity contribution in [3.63, 3.8) is 0 Å². The number of Topliss-reactive ketones (excluding diaryl/α,β-unsaturated/α-hetero) is 1. The van der Waals surface area contributed by atoms with Gasteiger partial charge in [0.15, 0.2) is 6.23 Å². The Hall–Kier alpha value is -0.700. The minimum absolute atomic E-state index is 0.0116. The van der Waals surface area contributed by atoms with E-state index in [1.165, 1.54) is 0 Å². The molecule has 0 aliphatic carbocycles. The molecular weight excluding hydrogens is 154 g/mol. The molecular formula is C9H13NO2. The van der Waals surface area contributed by atoms with Crippen molar-refractivity contribution in [2.24, 2.45) is 16.8 Å². The standard InChI is InChI=1S/C9H13NO2/c1-4-7(11)5(2)9-10-6(3)8(4)12-9/h4-5,8-9H,1-3H3/t4-,5+,8+,9-/m1/s1. The number of ether oxygens (including phenoxy) is 1. The molecule has 2 bridgehead atoms. The number of rotatable bonds is 0. The Balaban J connectivity index is 2.34. The summed E-state index contributed by atoms with van der Waals surface area (Å²) in [6, 6.07) is 0. The third-order valence-electron chi connectivity index (χ3n) is 2.81. The fraction of sp³-hybridized carbons (Fsp3) is 0.778. The Kier molecular flexibility index (Phi) is 1.58. The number of fused-ring (bicyclic) bond motifs is 2. The average Bonchev–Trinajstić information content (AvgIpc) is 2.39. The number of ketones is 1. The van der Waals surface area contributed by atoms with Gasteiger partial charge in [-0.25, -0.2) is 0 Å². The highest BCUT2D eigenvalue weighted by Gasteiger charge is 2.45. The van der Waals surface area contributed by atoms with Gasteiger partial charge in [0.2, 0.25) is 0 Å². The van der Waals surface area contributed by atoms with Crippen LogP contribution in [0.25, 0.3) is 0 Å². The molecule has 0 aromatic rings. The summed E-state index contributed by atoms with van der Waals surface area (Å²) in [6.45, 7) is 5.75. The van der Waals surface area contributed by atoms with E-state index < -0.39 is 0 Å². The van der Waals surface area contributed by atoms with Crippen LogP contribution >= 0.6 is 0 Å². The summed E-state index contributed by atoms with van der Waals surface area (Å²) < 4.78 is 5.58. The van der Waals surface area contributed by atoms with Gasteiger partial charge in [0.1, 0.15) is 11.9 Å². The molecule has 0 spiro atoms. The number of nitrogens with zero attached hydrogens (tertiary/aromatic N) is 1. The van der Waals surface area contributed by atoms with Crippen LogP contribution in [0.2, 0.25) is 0 Å². The molecule has 1 fully saturated rings. The largest absolute Gasteiger partial charge is 0.346 e. The number of carbonyl (C=O) groups excluding carboxylic acids is 1. The fourth-order valence-corrected chi connectivity index (χ4v) is 1.97. The lowest BCUT2D eigenvalue weighted by Crippen LogP contribution is -2.42. The first-order valence-electron chi connectivity index (χ1n) is 4.34. The van der Waals surface area contributed by atoms with Gasteiger partial charge >= 0.3 is 0 Å². The van der Waals surface area contributed by atoms with Gasteiger partial charge in [0, 0.05) is 11.6 Å². The molecule has 66 valence electrons. The van der Waals surface area contributed by atoms with Crippen molar-refractivity contribution in [3.05, 3.63) is 0 Å². The minimum Gasteiger partial charge on any atom is -0.346 e. The first-order valence-corrected chi connectivity index (χ1v) is 4.34. The fourth-order valence-electron chi connectivity index (χ4n) is 1.97. The number of hydrogen-bond acceptors (Lipinski definition) is 3.